The molecule has 2 heterocycles. The number of aromatic nitrogens is 1. The summed E-state index contributed by atoms with van der Waals surface area (Å²) in [5.74, 6) is 1.27. The van der Waals surface area contributed by atoms with Crippen molar-refractivity contribution < 1.29 is 14.3 Å². The average Bonchev–Trinajstić information content (AvgIpc) is 3.24. The Labute approximate surface area is 136 Å². The summed E-state index contributed by atoms with van der Waals surface area (Å²) in [4.78, 5) is 24.2. The third kappa shape index (κ3) is 3.72. The van der Waals surface area contributed by atoms with Gasteiger partial charge in [0.05, 0.1) is 18.1 Å². The molecule has 1 aromatic rings. The van der Waals surface area contributed by atoms with E-state index in [0.717, 1.165) is 12.8 Å². The highest BCUT2D eigenvalue weighted by Gasteiger charge is 2.36. The lowest BCUT2D eigenvalue weighted by Gasteiger charge is -2.39. The highest BCUT2D eigenvalue weighted by Crippen LogP contribution is 2.39. The number of rotatable bonds is 5. The van der Waals surface area contributed by atoms with Crippen LogP contribution in [0.1, 0.15) is 48.0 Å². The molecule has 7 nitrogen and oxygen atoms in total. The number of carbonyl (C=O) groups is 1. The van der Waals surface area contributed by atoms with Gasteiger partial charge in [-0.3, -0.25) is 9.79 Å². The summed E-state index contributed by atoms with van der Waals surface area (Å²) in [6.07, 6.45) is 6.51. The monoisotopic (exact) mass is 320 g/mol. The van der Waals surface area contributed by atoms with Crippen LogP contribution in [0.25, 0.3) is 0 Å². The Kier molecular flexibility index (Phi) is 4.39. The van der Waals surface area contributed by atoms with Gasteiger partial charge in [0.2, 0.25) is 5.76 Å². The van der Waals surface area contributed by atoms with E-state index in [1.165, 1.54) is 6.20 Å². The Morgan fingerprint density at radius 1 is 1.57 bits per heavy atom. The smallest absolute Gasteiger partial charge is 0.291 e. The van der Waals surface area contributed by atoms with Gasteiger partial charge in [0, 0.05) is 39.6 Å². The molecule has 1 saturated carbocycles. The summed E-state index contributed by atoms with van der Waals surface area (Å²) in [7, 11) is 3.59. The molecule has 7 heteroatoms. The van der Waals surface area contributed by atoms with Crippen LogP contribution in [0, 0.1) is 0 Å². The minimum absolute atomic E-state index is 0.130. The maximum atomic E-state index is 12.5. The molecule has 23 heavy (non-hydrogen) atoms. The van der Waals surface area contributed by atoms with E-state index in [1.54, 1.807) is 18.3 Å². The SMILES string of the molecule is CN=CN(C)CC1(O)CCN(C(=O)c2cnc(C3CC3)o2)CC1. The number of likely N-dealkylation sites (tertiary alicyclic amines) is 1. The van der Waals surface area contributed by atoms with Gasteiger partial charge < -0.3 is 19.3 Å². The number of nitrogens with zero attached hydrogens (tertiary/aromatic N) is 4. The van der Waals surface area contributed by atoms with E-state index < -0.39 is 5.60 Å². The van der Waals surface area contributed by atoms with E-state index in [9.17, 15) is 9.90 Å². The lowest BCUT2D eigenvalue weighted by Crippen LogP contribution is -2.51. The van der Waals surface area contributed by atoms with Crippen molar-refractivity contribution in [2.24, 2.45) is 4.99 Å². The van der Waals surface area contributed by atoms with E-state index in [1.807, 2.05) is 11.9 Å². The number of piperidine rings is 1. The van der Waals surface area contributed by atoms with Crippen LogP contribution in [0.4, 0.5) is 0 Å². The molecule has 0 spiro atoms. The van der Waals surface area contributed by atoms with Gasteiger partial charge in [0.15, 0.2) is 5.89 Å². The van der Waals surface area contributed by atoms with Crippen molar-refractivity contribution in [1.29, 1.82) is 0 Å². The van der Waals surface area contributed by atoms with E-state index >= 15 is 0 Å². The van der Waals surface area contributed by atoms with Gasteiger partial charge in [-0.05, 0) is 25.7 Å². The van der Waals surface area contributed by atoms with E-state index in [-0.39, 0.29) is 5.91 Å². The average molecular weight is 320 g/mol. The number of aliphatic hydroxyl groups is 1. The van der Waals surface area contributed by atoms with Crippen LogP contribution >= 0.6 is 0 Å². The van der Waals surface area contributed by atoms with Gasteiger partial charge in [-0.15, -0.1) is 0 Å². The molecule has 3 rings (SSSR count). The van der Waals surface area contributed by atoms with Gasteiger partial charge in [-0.1, -0.05) is 0 Å². The molecule has 0 unspecified atom stereocenters. The van der Waals surface area contributed by atoms with E-state index in [4.69, 9.17) is 4.42 Å². The fraction of sp³-hybridized carbons (Fsp3) is 0.688. The second-order valence-corrected chi connectivity index (χ2v) is 6.64. The van der Waals surface area contributed by atoms with Crippen molar-refractivity contribution in [2.75, 3.05) is 33.7 Å². The van der Waals surface area contributed by atoms with Crippen molar-refractivity contribution >= 4 is 12.2 Å². The van der Waals surface area contributed by atoms with Crippen LogP contribution in [0.15, 0.2) is 15.6 Å². The van der Waals surface area contributed by atoms with Gasteiger partial charge in [-0.2, -0.15) is 0 Å². The van der Waals surface area contributed by atoms with Gasteiger partial charge >= 0.3 is 0 Å². The van der Waals surface area contributed by atoms with Gasteiger partial charge in [-0.25, -0.2) is 4.98 Å². The maximum absolute atomic E-state index is 12.5. The molecule has 0 radical (unpaired) electrons. The maximum Gasteiger partial charge on any atom is 0.291 e. The number of oxazole rings is 1. The van der Waals surface area contributed by atoms with Crippen LogP contribution in [0.3, 0.4) is 0 Å². The minimum atomic E-state index is -0.784. The van der Waals surface area contributed by atoms with Crippen molar-refractivity contribution in [2.45, 2.75) is 37.2 Å². The molecule has 2 aliphatic rings. The van der Waals surface area contributed by atoms with Gasteiger partial charge in [0.1, 0.15) is 0 Å². The molecule has 1 aliphatic heterocycles. The molecule has 1 saturated heterocycles. The van der Waals surface area contributed by atoms with Crippen molar-refractivity contribution in [3.63, 3.8) is 0 Å². The molecule has 1 aliphatic carbocycles. The summed E-state index contributed by atoms with van der Waals surface area (Å²) in [6, 6.07) is 0. The second-order valence-electron chi connectivity index (χ2n) is 6.64. The summed E-state index contributed by atoms with van der Waals surface area (Å²) in [6.45, 7) is 1.55. The van der Waals surface area contributed by atoms with Crippen molar-refractivity contribution in [1.82, 2.24) is 14.8 Å². The quantitative estimate of drug-likeness (QED) is 0.649. The molecule has 0 bridgehead atoms. The number of aliphatic imine (C=N–C) groups is 1. The van der Waals surface area contributed by atoms with Crippen LogP contribution in [0.5, 0.6) is 0 Å². The second kappa shape index (κ2) is 6.31. The fourth-order valence-corrected chi connectivity index (χ4v) is 3.05. The lowest BCUT2D eigenvalue weighted by molar-refractivity contribution is -0.0269. The van der Waals surface area contributed by atoms with E-state index in [0.29, 0.717) is 50.0 Å². The molecule has 2 fully saturated rings. The highest BCUT2D eigenvalue weighted by molar-refractivity contribution is 5.91. The van der Waals surface area contributed by atoms with Crippen LogP contribution in [0.2, 0.25) is 0 Å². The first-order chi connectivity index (χ1) is 11.0. The van der Waals surface area contributed by atoms with Crippen molar-refractivity contribution in [3.8, 4) is 0 Å². The molecule has 0 atom stereocenters. The summed E-state index contributed by atoms with van der Waals surface area (Å²) >= 11 is 0. The fourth-order valence-electron chi connectivity index (χ4n) is 3.05. The van der Waals surface area contributed by atoms with Crippen LogP contribution in [-0.4, -0.2) is 71.5 Å². The topological polar surface area (TPSA) is 82.2 Å². The third-order valence-corrected chi connectivity index (χ3v) is 4.50. The first-order valence-electron chi connectivity index (χ1n) is 8.11. The summed E-state index contributed by atoms with van der Waals surface area (Å²) in [5.41, 5.74) is -0.784. The molecule has 0 aromatic carbocycles. The van der Waals surface area contributed by atoms with Crippen LogP contribution in [-0.2, 0) is 0 Å². The molecule has 1 amide bonds. The molecular weight excluding hydrogens is 296 g/mol. The minimum Gasteiger partial charge on any atom is -0.435 e. The Morgan fingerprint density at radius 3 is 2.87 bits per heavy atom. The largest absolute Gasteiger partial charge is 0.435 e. The Hall–Kier alpha value is -1.89. The number of hydrogen-bond acceptors (Lipinski definition) is 5. The van der Waals surface area contributed by atoms with Crippen molar-refractivity contribution in [3.05, 3.63) is 17.8 Å². The molecule has 126 valence electrons. The van der Waals surface area contributed by atoms with E-state index in [2.05, 4.69) is 9.98 Å². The zero-order valence-corrected chi connectivity index (χ0v) is 13.7. The van der Waals surface area contributed by atoms with Crippen LogP contribution < -0.4 is 0 Å². The normalized spacial score (nSPS) is 20.9. The number of hydrogen-bond donors (Lipinski definition) is 1. The Bertz CT molecular complexity index is 586. The number of likely N-dealkylation sites (N-methyl/N-ethyl adjacent to an activating group) is 1. The Balaban J connectivity index is 1.56. The molecule has 1 N–H and O–H groups in total. The predicted octanol–water partition coefficient (Wildman–Crippen LogP) is 1.11. The first kappa shape index (κ1) is 16.0. The standard InChI is InChI=1S/C16H24N4O3/c1-17-11-19(2)10-16(22)5-7-20(8-6-16)15(21)13-9-18-14(23-13)12-3-4-12/h9,11-12,22H,3-8,10H2,1-2H3. The zero-order valence-electron chi connectivity index (χ0n) is 13.7. The Morgan fingerprint density at radius 2 is 2.26 bits per heavy atom. The van der Waals surface area contributed by atoms with Gasteiger partial charge in [0.25, 0.3) is 5.91 Å². The number of amides is 1. The third-order valence-electron chi connectivity index (χ3n) is 4.50. The predicted molar refractivity (Wildman–Crippen MR) is 85.6 cm³/mol. The summed E-state index contributed by atoms with van der Waals surface area (Å²) < 4.78 is 5.58. The highest BCUT2D eigenvalue weighted by atomic mass is 16.4. The molecule has 1 aromatic heterocycles. The number of carbonyl (C=O) groups excluding carboxylic acids is 1. The zero-order chi connectivity index (χ0) is 16.4. The lowest BCUT2D eigenvalue weighted by atomic mass is 9.91. The first-order valence-corrected chi connectivity index (χ1v) is 8.11. The summed E-state index contributed by atoms with van der Waals surface area (Å²) in [5, 5.41) is 10.6. The molecular formula is C16H24N4O3.